The maximum absolute atomic E-state index is 13.5. The smallest absolute Gasteiger partial charge is 0.243 e. The molecule has 1 amide bonds. The summed E-state index contributed by atoms with van der Waals surface area (Å²) in [5.74, 6) is 0.396. The first-order valence-electron chi connectivity index (χ1n) is 11.5. The fourth-order valence-electron chi connectivity index (χ4n) is 4.35. The first-order chi connectivity index (χ1) is 16.4. The standard InChI is InChI=1S/C27H29BrN2O3S/c28-25-11-13-26(14-12-25)34(32,33)30(20-24-9-5-2-6-10-24)21-27(31)29-17-15-23(16-18-29)19-22-7-3-1-4-8-22/h1-14,23H,15-21H2. The minimum atomic E-state index is -3.84. The van der Waals surface area contributed by atoms with Gasteiger partial charge in [-0.2, -0.15) is 4.31 Å². The summed E-state index contributed by atoms with van der Waals surface area (Å²) >= 11 is 3.35. The average Bonchev–Trinajstić information content (AvgIpc) is 2.85. The first kappa shape index (κ1) is 24.6. The van der Waals surface area contributed by atoms with Gasteiger partial charge in [0, 0.05) is 24.1 Å². The molecule has 7 heteroatoms. The number of carbonyl (C=O) groups is 1. The van der Waals surface area contributed by atoms with Crippen LogP contribution in [0.5, 0.6) is 0 Å². The van der Waals surface area contributed by atoms with Crippen LogP contribution in [0.2, 0.25) is 0 Å². The van der Waals surface area contributed by atoms with Crippen molar-refractivity contribution in [1.29, 1.82) is 0 Å². The van der Waals surface area contributed by atoms with Crippen molar-refractivity contribution in [2.24, 2.45) is 5.92 Å². The highest BCUT2D eigenvalue weighted by Gasteiger charge is 2.30. The molecule has 0 spiro atoms. The van der Waals surface area contributed by atoms with Crippen LogP contribution in [0.4, 0.5) is 0 Å². The summed E-state index contributed by atoms with van der Waals surface area (Å²) in [5.41, 5.74) is 2.17. The summed E-state index contributed by atoms with van der Waals surface area (Å²) in [5, 5.41) is 0. The third-order valence-electron chi connectivity index (χ3n) is 6.30. The molecule has 34 heavy (non-hydrogen) atoms. The molecule has 0 bridgehead atoms. The van der Waals surface area contributed by atoms with Gasteiger partial charge in [0.1, 0.15) is 0 Å². The van der Waals surface area contributed by atoms with E-state index in [1.807, 2.05) is 41.3 Å². The van der Waals surface area contributed by atoms with Crippen LogP contribution in [-0.2, 0) is 27.8 Å². The molecule has 3 aromatic carbocycles. The number of likely N-dealkylation sites (tertiary alicyclic amines) is 1. The molecule has 1 saturated heterocycles. The maximum Gasteiger partial charge on any atom is 0.243 e. The molecule has 0 saturated carbocycles. The summed E-state index contributed by atoms with van der Waals surface area (Å²) in [4.78, 5) is 15.2. The van der Waals surface area contributed by atoms with Gasteiger partial charge in [-0.1, -0.05) is 76.6 Å². The van der Waals surface area contributed by atoms with E-state index in [9.17, 15) is 13.2 Å². The SMILES string of the molecule is O=C(CN(Cc1ccccc1)S(=O)(=O)c1ccc(Br)cc1)N1CCC(Cc2ccccc2)CC1. The Kier molecular flexibility index (Phi) is 8.19. The zero-order valence-corrected chi connectivity index (χ0v) is 21.4. The van der Waals surface area contributed by atoms with Crippen LogP contribution in [0.15, 0.2) is 94.3 Å². The van der Waals surface area contributed by atoms with Crippen LogP contribution in [0.3, 0.4) is 0 Å². The van der Waals surface area contributed by atoms with Crippen molar-refractivity contribution in [1.82, 2.24) is 9.21 Å². The van der Waals surface area contributed by atoms with Gasteiger partial charge in [0.25, 0.3) is 0 Å². The Hall–Kier alpha value is -2.48. The van der Waals surface area contributed by atoms with E-state index in [0.717, 1.165) is 29.3 Å². The molecule has 0 radical (unpaired) electrons. The molecular formula is C27H29BrN2O3S. The van der Waals surface area contributed by atoms with Crippen molar-refractivity contribution in [3.63, 3.8) is 0 Å². The Morgan fingerprint density at radius 2 is 1.41 bits per heavy atom. The first-order valence-corrected chi connectivity index (χ1v) is 13.8. The second-order valence-electron chi connectivity index (χ2n) is 8.73. The van der Waals surface area contributed by atoms with Crippen LogP contribution < -0.4 is 0 Å². The minimum absolute atomic E-state index is 0.144. The zero-order chi connectivity index (χ0) is 24.0. The van der Waals surface area contributed by atoms with Gasteiger partial charge < -0.3 is 4.90 Å². The van der Waals surface area contributed by atoms with Gasteiger partial charge in [-0.15, -0.1) is 0 Å². The van der Waals surface area contributed by atoms with Gasteiger partial charge in [-0.3, -0.25) is 4.79 Å². The second-order valence-corrected chi connectivity index (χ2v) is 11.6. The van der Waals surface area contributed by atoms with Crippen LogP contribution in [0.1, 0.15) is 24.0 Å². The lowest BCUT2D eigenvalue weighted by molar-refractivity contribution is -0.132. The van der Waals surface area contributed by atoms with E-state index in [-0.39, 0.29) is 23.9 Å². The van der Waals surface area contributed by atoms with Gasteiger partial charge in [0.2, 0.25) is 15.9 Å². The Labute approximate surface area is 210 Å². The lowest BCUT2D eigenvalue weighted by atomic mass is 9.90. The van der Waals surface area contributed by atoms with Crippen molar-refractivity contribution >= 4 is 31.9 Å². The molecule has 1 fully saturated rings. The molecular weight excluding hydrogens is 512 g/mol. The number of sulfonamides is 1. The highest BCUT2D eigenvalue weighted by Crippen LogP contribution is 2.24. The van der Waals surface area contributed by atoms with E-state index in [1.54, 1.807) is 24.3 Å². The quantitative estimate of drug-likeness (QED) is 0.398. The van der Waals surface area contributed by atoms with E-state index < -0.39 is 10.0 Å². The third-order valence-corrected chi connectivity index (χ3v) is 8.63. The predicted octanol–water partition coefficient (Wildman–Crippen LogP) is 5.12. The van der Waals surface area contributed by atoms with E-state index in [0.29, 0.717) is 19.0 Å². The lowest BCUT2D eigenvalue weighted by Gasteiger charge is -2.33. The molecule has 5 nitrogen and oxygen atoms in total. The van der Waals surface area contributed by atoms with Crippen LogP contribution >= 0.6 is 15.9 Å². The number of amides is 1. The lowest BCUT2D eigenvalue weighted by Crippen LogP contribution is -2.45. The highest BCUT2D eigenvalue weighted by molar-refractivity contribution is 9.10. The normalized spacial score (nSPS) is 14.9. The molecule has 0 aromatic heterocycles. The van der Waals surface area contributed by atoms with E-state index >= 15 is 0 Å². The summed E-state index contributed by atoms with van der Waals surface area (Å²) < 4.78 is 29.0. The number of halogens is 1. The molecule has 3 aromatic rings. The number of benzene rings is 3. The van der Waals surface area contributed by atoms with Gasteiger partial charge in [0.05, 0.1) is 11.4 Å². The van der Waals surface area contributed by atoms with Crippen molar-refractivity contribution in [3.8, 4) is 0 Å². The van der Waals surface area contributed by atoms with Gasteiger partial charge in [-0.05, 0) is 60.6 Å². The largest absolute Gasteiger partial charge is 0.342 e. The summed E-state index contributed by atoms with van der Waals surface area (Å²) in [6, 6.07) is 26.4. The van der Waals surface area contributed by atoms with E-state index in [2.05, 4.69) is 40.2 Å². The number of piperidine rings is 1. The zero-order valence-electron chi connectivity index (χ0n) is 19.0. The molecule has 0 aliphatic carbocycles. The third kappa shape index (κ3) is 6.34. The molecule has 178 valence electrons. The van der Waals surface area contributed by atoms with Crippen LogP contribution in [0, 0.1) is 5.92 Å². The van der Waals surface area contributed by atoms with Crippen LogP contribution in [-0.4, -0.2) is 43.2 Å². The fraction of sp³-hybridized carbons (Fsp3) is 0.296. The Morgan fingerprint density at radius 3 is 2.00 bits per heavy atom. The van der Waals surface area contributed by atoms with Crippen molar-refractivity contribution < 1.29 is 13.2 Å². The van der Waals surface area contributed by atoms with Crippen molar-refractivity contribution in [2.75, 3.05) is 19.6 Å². The molecule has 1 aliphatic heterocycles. The second kappa shape index (κ2) is 11.3. The molecule has 0 unspecified atom stereocenters. The molecule has 1 aliphatic rings. The van der Waals surface area contributed by atoms with E-state index in [1.165, 1.54) is 9.87 Å². The molecule has 1 heterocycles. The Balaban J connectivity index is 1.44. The topological polar surface area (TPSA) is 57.7 Å². The number of hydrogen-bond donors (Lipinski definition) is 0. The summed E-state index contributed by atoms with van der Waals surface area (Å²) in [6.45, 7) is 1.30. The molecule has 0 atom stereocenters. The summed E-state index contributed by atoms with van der Waals surface area (Å²) in [7, 11) is -3.84. The Morgan fingerprint density at radius 1 is 0.853 bits per heavy atom. The maximum atomic E-state index is 13.5. The van der Waals surface area contributed by atoms with Gasteiger partial charge in [0.15, 0.2) is 0 Å². The number of nitrogens with zero attached hydrogens (tertiary/aromatic N) is 2. The highest BCUT2D eigenvalue weighted by atomic mass is 79.9. The monoisotopic (exact) mass is 540 g/mol. The fourth-order valence-corrected chi connectivity index (χ4v) is 6.00. The number of carbonyl (C=O) groups excluding carboxylic acids is 1. The van der Waals surface area contributed by atoms with Crippen molar-refractivity contribution in [3.05, 3.63) is 101 Å². The summed E-state index contributed by atoms with van der Waals surface area (Å²) in [6.07, 6.45) is 2.87. The predicted molar refractivity (Wildman–Crippen MR) is 138 cm³/mol. The van der Waals surface area contributed by atoms with Gasteiger partial charge in [-0.25, -0.2) is 8.42 Å². The number of hydrogen-bond acceptors (Lipinski definition) is 3. The van der Waals surface area contributed by atoms with E-state index in [4.69, 9.17) is 0 Å². The minimum Gasteiger partial charge on any atom is -0.342 e. The Bertz CT molecular complexity index is 1180. The number of rotatable bonds is 8. The van der Waals surface area contributed by atoms with Crippen LogP contribution in [0.25, 0.3) is 0 Å². The molecule has 4 rings (SSSR count). The molecule has 0 N–H and O–H groups in total. The average molecular weight is 542 g/mol. The van der Waals surface area contributed by atoms with Gasteiger partial charge >= 0.3 is 0 Å². The van der Waals surface area contributed by atoms with Crippen molar-refractivity contribution in [2.45, 2.75) is 30.7 Å².